The predicted octanol–water partition coefficient (Wildman–Crippen LogP) is 0.190. The number of para-hydroxylation sites is 1. The van der Waals surface area contributed by atoms with E-state index in [-0.39, 0.29) is 34.2 Å². The zero-order valence-electron chi connectivity index (χ0n) is 11.9. The molecule has 0 bridgehead atoms. The van der Waals surface area contributed by atoms with E-state index in [9.17, 15) is 25.0 Å². The Hall–Kier alpha value is -3.87. The van der Waals surface area contributed by atoms with Crippen molar-refractivity contribution in [3.8, 4) is 11.9 Å². The van der Waals surface area contributed by atoms with Gasteiger partial charge in [0.25, 0.3) is 11.2 Å². The number of H-pyrrole nitrogens is 2. The Balaban J connectivity index is 2.39. The zero-order valence-corrected chi connectivity index (χ0v) is 11.9. The van der Waals surface area contributed by atoms with Gasteiger partial charge in [-0.05, 0) is 0 Å². The molecule has 1 aliphatic heterocycles. The number of hydrogen-bond acceptors (Lipinski definition) is 7. The summed E-state index contributed by atoms with van der Waals surface area (Å²) in [6, 6.07) is 7.46. The second-order valence-electron chi connectivity index (χ2n) is 4.89. The van der Waals surface area contributed by atoms with Gasteiger partial charge in [-0.25, -0.2) is 4.79 Å². The molecule has 0 saturated heterocycles. The lowest BCUT2D eigenvalue weighted by atomic mass is 9.84. The Morgan fingerprint density at radius 1 is 1.29 bits per heavy atom. The molecule has 10 nitrogen and oxygen atoms in total. The molecule has 0 aliphatic carbocycles. The minimum absolute atomic E-state index is 0.0871. The fraction of sp³-hybridized carbons (Fsp3) is 0.0714. The molecule has 0 radical (unpaired) electrons. The first-order chi connectivity index (χ1) is 11.4. The van der Waals surface area contributed by atoms with Crippen molar-refractivity contribution in [2.24, 2.45) is 5.73 Å². The molecule has 2 heterocycles. The minimum atomic E-state index is -1.14. The standard InChI is InChI=1S/C14H9N5O5/c15-5-7-9(6-3-1-2-4-8(6)19(22)23)10-12(20)17-14(21)18-13(10)24-11(7)16/h1-4,9H,16H2,(H2,17,18,20,21)/t9-/m1/s1. The summed E-state index contributed by atoms with van der Waals surface area (Å²) in [4.78, 5) is 38.6. The SMILES string of the molecule is N#CC1=C(N)Oc2[nH]c(=O)[nH]c(=O)c2[C@@H]1c1ccccc1[N+](=O)[O-]. The molecule has 1 aromatic carbocycles. The Bertz CT molecular complexity index is 1040. The van der Waals surface area contributed by atoms with Crippen LogP contribution >= 0.6 is 0 Å². The van der Waals surface area contributed by atoms with E-state index < -0.39 is 22.1 Å². The van der Waals surface area contributed by atoms with Crippen LogP contribution in [0.25, 0.3) is 0 Å². The van der Waals surface area contributed by atoms with Gasteiger partial charge >= 0.3 is 5.69 Å². The first-order valence-electron chi connectivity index (χ1n) is 6.61. The first kappa shape index (κ1) is 15.0. The molecule has 1 aliphatic rings. The maximum absolute atomic E-state index is 12.2. The lowest BCUT2D eigenvalue weighted by Gasteiger charge is -2.24. The Labute approximate surface area is 133 Å². The van der Waals surface area contributed by atoms with Crippen LogP contribution in [-0.2, 0) is 0 Å². The van der Waals surface area contributed by atoms with Crippen LogP contribution in [0.3, 0.4) is 0 Å². The fourth-order valence-electron chi connectivity index (χ4n) is 2.60. The van der Waals surface area contributed by atoms with Gasteiger partial charge in [0, 0.05) is 11.6 Å². The number of nitriles is 1. The number of allylic oxidation sites excluding steroid dienone is 1. The summed E-state index contributed by atoms with van der Waals surface area (Å²) < 4.78 is 5.14. The zero-order chi connectivity index (χ0) is 17.4. The normalized spacial score (nSPS) is 16.0. The number of aromatic amines is 2. The van der Waals surface area contributed by atoms with Crippen LogP contribution in [0.1, 0.15) is 17.0 Å². The number of hydrogen-bond donors (Lipinski definition) is 3. The Morgan fingerprint density at radius 2 is 2.00 bits per heavy atom. The number of ether oxygens (including phenoxy) is 1. The van der Waals surface area contributed by atoms with E-state index >= 15 is 0 Å². The maximum atomic E-state index is 12.2. The van der Waals surface area contributed by atoms with Crippen molar-refractivity contribution in [2.75, 3.05) is 0 Å². The summed E-state index contributed by atoms with van der Waals surface area (Å²) in [7, 11) is 0. The number of nitrogens with zero attached hydrogens (tertiary/aromatic N) is 2. The van der Waals surface area contributed by atoms with Gasteiger partial charge in [0.1, 0.15) is 11.6 Å². The number of nitrogens with one attached hydrogen (secondary N) is 2. The third kappa shape index (κ3) is 2.20. The molecule has 0 spiro atoms. The highest BCUT2D eigenvalue weighted by atomic mass is 16.6. The van der Waals surface area contributed by atoms with Crippen LogP contribution in [0, 0.1) is 21.4 Å². The van der Waals surface area contributed by atoms with Crippen molar-refractivity contribution < 1.29 is 9.66 Å². The van der Waals surface area contributed by atoms with E-state index in [1.165, 1.54) is 24.3 Å². The summed E-state index contributed by atoms with van der Waals surface area (Å²) in [5.74, 6) is -1.72. The van der Waals surface area contributed by atoms with Gasteiger partial charge in [-0.15, -0.1) is 0 Å². The molecular formula is C14H9N5O5. The van der Waals surface area contributed by atoms with Gasteiger partial charge in [0.15, 0.2) is 0 Å². The number of nitrogens with two attached hydrogens (primary N) is 1. The number of nitro groups is 1. The minimum Gasteiger partial charge on any atom is -0.424 e. The summed E-state index contributed by atoms with van der Waals surface area (Å²) >= 11 is 0. The molecule has 2 aromatic rings. The third-order valence-corrected chi connectivity index (χ3v) is 3.56. The van der Waals surface area contributed by atoms with Gasteiger partial charge in [0.2, 0.25) is 11.8 Å². The number of benzene rings is 1. The average molecular weight is 327 g/mol. The third-order valence-electron chi connectivity index (χ3n) is 3.56. The lowest BCUT2D eigenvalue weighted by Crippen LogP contribution is -2.33. The maximum Gasteiger partial charge on any atom is 0.328 e. The molecule has 4 N–H and O–H groups in total. The second kappa shape index (κ2) is 5.40. The van der Waals surface area contributed by atoms with Crippen LogP contribution in [0.4, 0.5) is 5.69 Å². The smallest absolute Gasteiger partial charge is 0.328 e. The molecule has 1 atom stereocenters. The highest BCUT2D eigenvalue weighted by Gasteiger charge is 2.37. The van der Waals surface area contributed by atoms with Crippen molar-refractivity contribution in [3.05, 3.63) is 77.8 Å². The summed E-state index contributed by atoms with van der Waals surface area (Å²) in [6.07, 6.45) is 0. The van der Waals surface area contributed by atoms with Gasteiger partial charge in [-0.2, -0.15) is 5.26 Å². The average Bonchev–Trinajstić information content (AvgIpc) is 2.53. The molecule has 3 rings (SSSR count). The van der Waals surface area contributed by atoms with Crippen molar-refractivity contribution in [1.29, 1.82) is 5.26 Å². The quantitative estimate of drug-likeness (QED) is 0.522. The van der Waals surface area contributed by atoms with Gasteiger partial charge in [-0.1, -0.05) is 18.2 Å². The molecule has 10 heteroatoms. The fourth-order valence-corrected chi connectivity index (χ4v) is 2.60. The summed E-state index contributed by atoms with van der Waals surface area (Å²) in [5, 5.41) is 20.7. The molecule has 0 amide bonds. The van der Waals surface area contributed by atoms with E-state index in [0.29, 0.717) is 0 Å². The molecule has 1 aromatic heterocycles. The lowest BCUT2D eigenvalue weighted by molar-refractivity contribution is -0.385. The first-order valence-corrected chi connectivity index (χ1v) is 6.61. The number of fused-ring (bicyclic) bond motifs is 1. The van der Waals surface area contributed by atoms with E-state index in [4.69, 9.17) is 10.5 Å². The van der Waals surface area contributed by atoms with Crippen molar-refractivity contribution in [1.82, 2.24) is 9.97 Å². The largest absolute Gasteiger partial charge is 0.424 e. The van der Waals surface area contributed by atoms with Crippen LogP contribution in [0.2, 0.25) is 0 Å². The molecule has 24 heavy (non-hydrogen) atoms. The Kier molecular flexibility index (Phi) is 3.38. The molecule has 0 unspecified atom stereocenters. The topological polar surface area (TPSA) is 168 Å². The van der Waals surface area contributed by atoms with E-state index in [0.717, 1.165) is 0 Å². The number of nitro benzene ring substituents is 1. The van der Waals surface area contributed by atoms with Gasteiger partial charge in [0.05, 0.1) is 16.4 Å². The molecule has 0 fully saturated rings. The second-order valence-corrected chi connectivity index (χ2v) is 4.89. The number of aromatic nitrogens is 2. The molecule has 0 saturated carbocycles. The highest BCUT2D eigenvalue weighted by molar-refractivity contribution is 5.57. The highest BCUT2D eigenvalue weighted by Crippen LogP contribution is 2.41. The van der Waals surface area contributed by atoms with Crippen LogP contribution in [0.5, 0.6) is 5.88 Å². The van der Waals surface area contributed by atoms with Crippen LogP contribution in [0.15, 0.2) is 45.3 Å². The summed E-state index contributed by atoms with van der Waals surface area (Å²) in [5.41, 5.74) is 3.55. The molecular weight excluding hydrogens is 318 g/mol. The van der Waals surface area contributed by atoms with Crippen molar-refractivity contribution in [2.45, 2.75) is 5.92 Å². The molecule has 120 valence electrons. The van der Waals surface area contributed by atoms with Crippen LogP contribution in [-0.4, -0.2) is 14.9 Å². The van der Waals surface area contributed by atoms with Gasteiger partial charge < -0.3 is 10.5 Å². The Morgan fingerprint density at radius 3 is 2.67 bits per heavy atom. The van der Waals surface area contributed by atoms with Gasteiger partial charge in [-0.3, -0.25) is 24.9 Å². The summed E-state index contributed by atoms with van der Waals surface area (Å²) in [6.45, 7) is 0. The van der Waals surface area contributed by atoms with E-state index in [1.54, 1.807) is 0 Å². The van der Waals surface area contributed by atoms with Crippen molar-refractivity contribution >= 4 is 5.69 Å². The van der Waals surface area contributed by atoms with Crippen molar-refractivity contribution in [3.63, 3.8) is 0 Å². The van der Waals surface area contributed by atoms with E-state index in [1.807, 2.05) is 11.1 Å². The van der Waals surface area contributed by atoms with E-state index in [2.05, 4.69) is 4.98 Å². The van der Waals surface area contributed by atoms with Crippen LogP contribution < -0.4 is 21.7 Å². The monoisotopic (exact) mass is 327 g/mol. The predicted molar refractivity (Wildman–Crippen MR) is 80.1 cm³/mol. The number of rotatable bonds is 2.